The van der Waals surface area contributed by atoms with E-state index in [4.69, 9.17) is 9.47 Å². The first-order chi connectivity index (χ1) is 13.7. The lowest BCUT2D eigenvalue weighted by molar-refractivity contribution is 0.0513. The van der Waals surface area contributed by atoms with Crippen molar-refractivity contribution in [1.82, 2.24) is 0 Å². The van der Waals surface area contributed by atoms with Crippen molar-refractivity contribution >= 4 is 25.4 Å². The second-order valence-electron chi connectivity index (χ2n) is 6.56. The zero-order valence-electron chi connectivity index (χ0n) is 16.6. The molecule has 0 saturated carbocycles. The maximum absolute atomic E-state index is 6.05. The number of rotatable bonds is 8. The minimum absolute atomic E-state index is 0.236. The number of ether oxygens (including phenoxy) is 2. The summed E-state index contributed by atoms with van der Waals surface area (Å²) >= 11 is 0. The van der Waals surface area contributed by atoms with Crippen molar-refractivity contribution < 1.29 is 9.47 Å². The Balaban J connectivity index is 2.00. The van der Waals surface area contributed by atoms with E-state index in [1.807, 2.05) is 19.3 Å². The highest BCUT2D eigenvalue weighted by molar-refractivity contribution is 7.56. The third-order valence-electron chi connectivity index (χ3n) is 4.49. The fraction of sp³-hybridized carbons (Fsp3) is 0.208. The first-order valence-corrected chi connectivity index (χ1v) is 10.3. The Morgan fingerprint density at radius 3 is 2.50 bits per heavy atom. The Bertz CT molecular complexity index is 939. The second kappa shape index (κ2) is 10.2. The standard InChI is InChI=1S/C24H26NO2P/c1-18-9-7-13-21(16-25-2)24(18)28-22-14-8-12-20(23(22)27-17-26-3)15-19-10-5-4-6-11-19/h4-14,16,28H,15,17H2,1-3H3. The van der Waals surface area contributed by atoms with Gasteiger partial charge in [0.1, 0.15) is 5.75 Å². The van der Waals surface area contributed by atoms with E-state index in [9.17, 15) is 0 Å². The van der Waals surface area contributed by atoms with Crippen molar-refractivity contribution in [2.24, 2.45) is 4.99 Å². The van der Waals surface area contributed by atoms with E-state index in [-0.39, 0.29) is 6.79 Å². The van der Waals surface area contributed by atoms with Gasteiger partial charge in [-0.2, -0.15) is 0 Å². The summed E-state index contributed by atoms with van der Waals surface area (Å²) in [6.07, 6.45) is 2.76. The quantitative estimate of drug-likeness (QED) is 0.327. The number of nitrogens with zero attached hydrogens (tertiary/aromatic N) is 1. The lowest BCUT2D eigenvalue weighted by Crippen LogP contribution is -2.16. The fourth-order valence-electron chi connectivity index (χ4n) is 3.17. The lowest BCUT2D eigenvalue weighted by Gasteiger charge is -2.17. The highest BCUT2D eigenvalue weighted by Crippen LogP contribution is 2.27. The molecule has 0 amide bonds. The molecule has 3 rings (SSSR count). The summed E-state index contributed by atoms with van der Waals surface area (Å²) in [4.78, 5) is 4.22. The molecule has 3 nitrogen and oxygen atoms in total. The summed E-state index contributed by atoms with van der Waals surface area (Å²) in [6.45, 7) is 2.39. The summed E-state index contributed by atoms with van der Waals surface area (Å²) in [5.74, 6) is 0.925. The van der Waals surface area contributed by atoms with Crippen molar-refractivity contribution in [3.63, 3.8) is 0 Å². The van der Waals surface area contributed by atoms with Crippen molar-refractivity contribution in [2.75, 3.05) is 21.0 Å². The van der Waals surface area contributed by atoms with Gasteiger partial charge in [-0.1, -0.05) is 75.3 Å². The maximum atomic E-state index is 6.05. The molecule has 0 spiro atoms. The molecule has 0 aromatic heterocycles. The Kier molecular flexibility index (Phi) is 7.36. The number of aliphatic imine (C=N–C) groups is 1. The Hall–Kier alpha value is -2.48. The van der Waals surface area contributed by atoms with Gasteiger partial charge in [0.15, 0.2) is 6.79 Å². The van der Waals surface area contributed by atoms with Crippen LogP contribution in [-0.2, 0) is 11.2 Å². The van der Waals surface area contributed by atoms with Gasteiger partial charge in [0.25, 0.3) is 0 Å². The molecule has 0 aliphatic carbocycles. The molecular formula is C24H26NO2P. The number of hydrogen-bond acceptors (Lipinski definition) is 3. The number of hydrogen-bond donors (Lipinski definition) is 0. The fourth-order valence-corrected chi connectivity index (χ4v) is 4.54. The molecular weight excluding hydrogens is 365 g/mol. The molecule has 0 radical (unpaired) electrons. The van der Waals surface area contributed by atoms with Crippen LogP contribution in [0.4, 0.5) is 0 Å². The predicted octanol–water partition coefficient (Wildman–Crippen LogP) is 4.25. The van der Waals surface area contributed by atoms with Gasteiger partial charge in [-0.25, -0.2) is 0 Å². The van der Waals surface area contributed by atoms with Gasteiger partial charge < -0.3 is 9.47 Å². The molecule has 0 bridgehead atoms. The monoisotopic (exact) mass is 391 g/mol. The maximum Gasteiger partial charge on any atom is 0.188 e. The largest absolute Gasteiger partial charge is 0.467 e. The molecule has 0 N–H and O–H groups in total. The summed E-state index contributed by atoms with van der Waals surface area (Å²) in [6, 6.07) is 23.2. The normalized spacial score (nSPS) is 11.5. The molecule has 1 unspecified atom stereocenters. The highest BCUT2D eigenvalue weighted by Gasteiger charge is 2.14. The molecule has 1 atom stereocenters. The molecule has 0 aliphatic heterocycles. The van der Waals surface area contributed by atoms with E-state index in [2.05, 4.69) is 72.6 Å². The molecule has 0 heterocycles. The van der Waals surface area contributed by atoms with Crippen LogP contribution in [0.15, 0.2) is 71.7 Å². The summed E-state index contributed by atoms with van der Waals surface area (Å²) in [7, 11) is 3.94. The SMILES string of the molecule is CN=Cc1cccc(C)c1Pc1cccc(Cc2ccccc2)c1OCOC. The van der Waals surface area contributed by atoms with Gasteiger partial charge in [-0.05, 0) is 28.9 Å². The van der Waals surface area contributed by atoms with Crippen LogP contribution in [0.5, 0.6) is 5.75 Å². The summed E-state index contributed by atoms with van der Waals surface area (Å²) in [5, 5.41) is 2.48. The van der Waals surface area contributed by atoms with Gasteiger partial charge in [0, 0.05) is 37.7 Å². The number of benzene rings is 3. The first kappa shape index (κ1) is 20.3. The van der Waals surface area contributed by atoms with Crippen LogP contribution < -0.4 is 15.3 Å². The van der Waals surface area contributed by atoms with Crippen molar-refractivity contribution in [3.8, 4) is 5.75 Å². The van der Waals surface area contributed by atoms with E-state index < -0.39 is 0 Å². The highest BCUT2D eigenvalue weighted by atomic mass is 31.1. The molecule has 0 aliphatic rings. The number of aryl methyl sites for hydroxylation is 1. The lowest BCUT2D eigenvalue weighted by atomic mass is 10.0. The average Bonchev–Trinajstić information content (AvgIpc) is 2.71. The number of para-hydroxylation sites is 1. The Morgan fingerprint density at radius 1 is 0.964 bits per heavy atom. The van der Waals surface area contributed by atoms with Crippen LogP contribution in [0, 0.1) is 6.92 Å². The third-order valence-corrected chi connectivity index (χ3v) is 6.08. The van der Waals surface area contributed by atoms with E-state index in [0.29, 0.717) is 8.58 Å². The molecule has 0 saturated heterocycles. The van der Waals surface area contributed by atoms with E-state index in [1.165, 1.54) is 27.3 Å². The number of methoxy groups -OCH3 is 1. The predicted molar refractivity (Wildman–Crippen MR) is 120 cm³/mol. The second-order valence-corrected chi connectivity index (χ2v) is 7.85. The van der Waals surface area contributed by atoms with Crippen molar-refractivity contribution in [2.45, 2.75) is 13.3 Å². The minimum Gasteiger partial charge on any atom is -0.467 e. The van der Waals surface area contributed by atoms with Gasteiger partial charge in [-0.3, -0.25) is 4.99 Å². The van der Waals surface area contributed by atoms with Crippen LogP contribution in [-0.4, -0.2) is 27.2 Å². The van der Waals surface area contributed by atoms with Crippen LogP contribution >= 0.6 is 8.58 Å². The van der Waals surface area contributed by atoms with Gasteiger partial charge in [0.2, 0.25) is 0 Å². The van der Waals surface area contributed by atoms with E-state index in [1.54, 1.807) is 7.11 Å². The zero-order valence-corrected chi connectivity index (χ0v) is 17.6. The first-order valence-electron chi connectivity index (χ1n) is 9.29. The average molecular weight is 391 g/mol. The van der Waals surface area contributed by atoms with E-state index in [0.717, 1.165) is 17.7 Å². The van der Waals surface area contributed by atoms with Gasteiger partial charge in [-0.15, -0.1) is 0 Å². The molecule has 0 fully saturated rings. The van der Waals surface area contributed by atoms with Crippen LogP contribution in [0.2, 0.25) is 0 Å². The molecule has 144 valence electrons. The molecule has 3 aromatic rings. The topological polar surface area (TPSA) is 30.8 Å². The third kappa shape index (κ3) is 5.07. The summed E-state index contributed by atoms with van der Waals surface area (Å²) < 4.78 is 11.3. The smallest absolute Gasteiger partial charge is 0.188 e. The Labute approximate surface area is 169 Å². The molecule has 28 heavy (non-hydrogen) atoms. The minimum atomic E-state index is 0.236. The van der Waals surface area contributed by atoms with Crippen molar-refractivity contribution in [1.29, 1.82) is 0 Å². The van der Waals surface area contributed by atoms with Crippen molar-refractivity contribution in [3.05, 3.63) is 89.0 Å². The Morgan fingerprint density at radius 2 is 1.75 bits per heavy atom. The molecule has 4 heteroatoms. The van der Waals surface area contributed by atoms with Crippen LogP contribution in [0.3, 0.4) is 0 Å². The van der Waals surface area contributed by atoms with Gasteiger partial charge in [0.05, 0.1) is 0 Å². The molecule has 3 aromatic carbocycles. The van der Waals surface area contributed by atoms with Gasteiger partial charge >= 0.3 is 0 Å². The van der Waals surface area contributed by atoms with Crippen LogP contribution in [0.1, 0.15) is 22.3 Å². The van der Waals surface area contributed by atoms with Crippen LogP contribution in [0.25, 0.3) is 0 Å². The zero-order chi connectivity index (χ0) is 19.8. The summed E-state index contributed by atoms with van der Waals surface area (Å²) in [5.41, 5.74) is 4.86. The van der Waals surface area contributed by atoms with E-state index >= 15 is 0 Å².